The zero-order chi connectivity index (χ0) is 15.2. The van der Waals surface area contributed by atoms with Gasteiger partial charge in [-0.2, -0.15) is 13.9 Å². The fourth-order valence-corrected chi connectivity index (χ4v) is 1.82. The minimum Gasteiger partial charge on any atom is -0.459 e. The van der Waals surface area contributed by atoms with E-state index in [1.807, 2.05) is 0 Å². The summed E-state index contributed by atoms with van der Waals surface area (Å²) in [5.74, 6) is -3.35. The molecule has 9 heteroatoms. The summed E-state index contributed by atoms with van der Waals surface area (Å²) in [6.45, 7) is 0. The third-order valence-electron chi connectivity index (χ3n) is 2.51. The van der Waals surface area contributed by atoms with Crippen LogP contribution in [-0.4, -0.2) is 29.8 Å². The molecule has 2 N–H and O–H groups in total. The quantitative estimate of drug-likeness (QED) is 0.473. The standard InChI is InChI=1S/C12H13F2N3O3S/c13-12(14)21-6-9-4-3-8(20-9)5-15-17-11(19)10(18)16-7-1-2-7/h3-5,7,12H,1-2,6H2,(H,16,18)(H,17,19)/b15-5-. The highest BCUT2D eigenvalue weighted by Gasteiger charge is 2.26. The van der Waals surface area contributed by atoms with Gasteiger partial charge in [-0.3, -0.25) is 9.59 Å². The van der Waals surface area contributed by atoms with Crippen molar-refractivity contribution in [2.24, 2.45) is 5.10 Å². The Kier molecular flexibility index (Phi) is 5.32. The number of nitrogens with one attached hydrogen (secondary N) is 2. The molecule has 0 radical (unpaired) electrons. The van der Waals surface area contributed by atoms with Crippen LogP contribution in [0.2, 0.25) is 0 Å². The van der Waals surface area contributed by atoms with E-state index >= 15 is 0 Å². The van der Waals surface area contributed by atoms with Gasteiger partial charge < -0.3 is 9.73 Å². The van der Waals surface area contributed by atoms with Gasteiger partial charge in [0.2, 0.25) is 0 Å². The average Bonchev–Trinajstić information content (AvgIpc) is 3.13. The lowest BCUT2D eigenvalue weighted by Crippen LogP contribution is -2.38. The van der Waals surface area contributed by atoms with Crippen LogP contribution in [0.4, 0.5) is 8.78 Å². The Morgan fingerprint density at radius 1 is 1.43 bits per heavy atom. The van der Waals surface area contributed by atoms with Crippen molar-refractivity contribution in [1.82, 2.24) is 10.7 Å². The molecular formula is C12H13F2N3O3S. The van der Waals surface area contributed by atoms with Crippen LogP contribution in [-0.2, 0) is 15.3 Å². The predicted molar refractivity (Wildman–Crippen MR) is 72.9 cm³/mol. The Hall–Kier alpha value is -1.90. The summed E-state index contributed by atoms with van der Waals surface area (Å²) >= 11 is 0.448. The van der Waals surface area contributed by atoms with Gasteiger partial charge in [-0.05, 0) is 25.0 Å². The van der Waals surface area contributed by atoms with Crippen molar-refractivity contribution in [2.75, 3.05) is 0 Å². The van der Waals surface area contributed by atoms with Gasteiger partial charge in [-0.25, -0.2) is 5.43 Å². The molecule has 21 heavy (non-hydrogen) atoms. The van der Waals surface area contributed by atoms with Gasteiger partial charge in [0.15, 0.2) is 0 Å². The van der Waals surface area contributed by atoms with Gasteiger partial charge in [-0.15, -0.1) is 0 Å². The normalized spacial score (nSPS) is 14.6. The number of carbonyl (C=O) groups is 2. The summed E-state index contributed by atoms with van der Waals surface area (Å²) < 4.78 is 29.2. The molecule has 1 saturated carbocycles. The van der Waals surface area contributed by atoms with Crippen molar-refractivity contribution in [3.8, 4) is 0 Å². The van der Waals surface area contributed by atoms with Crippen molar-refractivity contribution < 1.29 is 22.8 Å². The zero-order valence-corrected chi connectivity index (χ0v) is 11.7. The maximum Gasteiger partial charge on any atom is 0.329 e. The smallest absolute Gasteiger partial charge is 0.329 e. The molecule has 0 saturated heterocycles. The molecule has 0 atom stereocenters. The first-order valence-electron chi connectivity index (χ1n) is 6.17. The molecule has 1 aliphatic rings. The van der Waals surface area contributed by atoms with Crippen molar-refractivity contribution in [1.29, 1.82) is 0 Å². The lowest BCUT2D eigenvalue weighted by molar-refractivity contribution is -0.139. The second-order valence-corrected chi connectivity index (χ2v) is 5.30. The number of carbonyl (C=O) groups excluding carboxylic acids is 2. The Morgan fingerprint density at radius 3 is 2.86 bits per heavy atom. The number of amides is 2. The molecule has 0 spiro atoms. The summed E-state index contributed by atoms with van der Waals surface area (Å²) in [7, 11) is 0. The van der Waals surface area contributed by atoms with Crippen LogP contribution < -0.4 is 10.7 Å². The minimum absolute atomic E-state index is 0.0433. The van der Waals surface area contributed by atoms with E-state index in [4.69, 9.17) is 4.42 Å². The number of hydrogen-bond acceptors (Lipinski definition) is 5. The first kappa shape index (κ1) is 15.5. The average molecular weight is 317 g/mol. The Bertz CT molecular complexity index is 544. The van der Waals surface area contributed by atoms with Crippen LogP contribution in [0, 0.1) is 0 Å². The summed E-state index contributed by atoms with van der Waals surface area (Å²) in [6.07, 6.45) is 2.96. The van der Waals surface area contributed by atoms with Crippen molar-refractivity contribution in [2.45, 2.75) is 30.4 Å². The monoisotopic (exact) mass is 317 g/mol. The highest BCUT2D eigenvalue weighted by atomic mass is 32.2. The largest absolute Gasteiger partial charge is 0.459 e. The van der Waals surface area contributed by atoms with E-state index in [0.29, 0.717) is 23.3 Å². The molecule has 2 amide bonds. The van der Waals surface area contributed by atoms with Crippen LogP contribution >= 0.6 is 11.8 Å². The number of alkyl halides is 2. The van der Waals surface area contributed by atoms with Crippen molar-refractivity contribution >= 4 is 29.8 Å². The Labute approximate surface area is 123 Å². The van der Waals surface area contributed by atoms with Crippen LogP contribution in [0.3, 0.4) is 0 Å². The maximum atomic E-state index is 12.0. The molecule has 0 aromatic carbocycles. The number of halogens is 2. The maximum absolute atomic E-state index is 12.0. The molecule has 0 bridgehead atoms. The van der Waals surface area contributed by atoms with E-state index in [1.165, 1.54) is 12.3 Å². The number of rotatable bonds is 6. The lowest BCUT2D eigenvalue weighted by Gasteiger charge is -2.00. The van der Waals surface area contributed by atoms with Crippen molar-refractivity contribution in [3.05, 3.63) is 23.7 Å². The molecule has 0 unspecified atom stereocenters. The van der Waals surface area contributed by atoms with Gasteiger partial charge >= 0.3 is 11.8 Å². The number of nitrogens with zero attached hydrogens (tertiary/aromatic N) is 1. The highest BCUT2D eigenvalue weighted by Crippen LogP contribution is 2.20. The van der Waals surface area contributed by atoms with Gasteiger partial charge in [0, 0.05) is 6.04 Å². The molecule has 0 aliphatic heterocycles. The zero-order valence-electron chi connectivity index (χ0n) is 10.8. The van der Waals surface area contributed by atoms with Gasteiger partial charge in [0.1, 0.15) is 11.5 Å². The van der Waals surface area contributed by atoms with Crippen LogP contribution in [0.15, 0.2) is 21.7 Å². The van der Waals surface area contributed by atoms with E-state index in [2.05, 4.69) is 15.8 Å². The Morgan fingerprint density at radius 2 is 2.19 bits per heavy atom. The van der Waals surface area contributed by atoms with E-state index < -0.39 is 17.6 Å². The summed E-state index contributed by atoms with van der Waals surface area (Å²) in [6, 6.07) is 3.16. The fourth-order valence-electron chi connectivity index (χ4n) is 1.37. The summed E-state index contributed by atoms with van der Waals surface area (Å²) in [4.78, 5) is 22.6. The first-order chi connectivity index (χ1) is 10.0. The SMILES string of the molecule is O=C(N/N=C\c1ccc(CSC(F)F)o1)C(=O)NC1CC1. The molecule has 114 valence electrons. The molecule has 6 nitrogen and oxygen atoms in total. The van der Waals surface area contributed by atoms with E-state index in [0.717, 1.165) is 12.8 Å². The molecule has 1 aromatic rings. The van der Waals surface area contributed by atoms with Crippen LogP contribution in [0.1, 0.15) is 24.4 Å². The van der Waals surface area contributed by atoms with Gasteiger partial charge in [-0.1, -0.05) is 11.8 Å². The fraction of sp³-hybridized carbons (Fsp3) is 0.417. The summed E-state index contributed by atoms with van der Waals surface area (Å²) in [5.41, 5.74) is 2.06. The molecule has 1 heterocycles. The first-order valence-corrected chi connectivity index (χ1v) is 7.22. The molecule has 1 aromatic heterocycles. The number of hydrazone groups is 1. The number of thioether (sulfide) groups is 1. The lowest BCUT2D eigenvalue weighted by atomic mass is 10.4. The van der Waals surface area contributed by atoms with Gasteiger partial charge in [0.05, 0.1) is 12.0 Å². The third kappa shape index (κ3) is 5.54. The topological polar surface area (TPSA) is 83.7 Å². The van der Waals surface area contributed by atoms with E-state index in [-0.39, 0.29) is 11.8 Å². The second kappa shape index (κ2) is 7.21. The van der Waals surface area contributed by atoms with Crippen LogP contribution in [0.25, 0.3) is 0 Å². The highest BCUT2D eigenvalue weighted by molar-refractivity contribution is 7.98. The van der Waals surface area contributed by atoms with Crippen LogP contribution in [0.5, 0.6) is 0 Å². The molecule has 2 rings (SSSR count). The van der Waals surface area contributed by atoms with E-state index in [9.17, 15) is 18.4 Å². The van der Waals surface area contributed by atoms with Crippen molar-refractivity contribution in [3.63, 3.8) is 0 Å². The number of hydrogen-bond donors (Lipinski definition) is 2. The molecular weight excluding hydrogens is 304 g/mol. The third-order valence-corrected chi connectivity index (χ3v) is 3.21. The second-order valence-electron chi connectivity index (χ2n) is 4.32. The Balaban J connectivity index is 1.75. The number of furan rings is 1. The predicted octanol–water partition coefficient (Wildman–Crippen LogP) is 1.46. The summed E-state index contributed by atoms with van der Waals surface area (Å²) in [5, 5.41) is 6.08. The molecule has 1 aliphatic carbocycles. The molecule has 1 fully saturated rings. The van der Waals surface area contributed by atoms with E-state index in [1.54, 1.807) is 6.07 Å². The van der Waals surface area contributed by atoms with Gasteiger partial charge in [0.25, 0.3) is 5.76 Å². The minimum atomic E-state index is -2.46.